The number of esters is 1. The minimum absolute atomic E-state index is 0.194. The number of ether oxygens (including phenoxy) is 2. The van der Waals surface area contributed by atoms with E-state index in [4.69, 9.17) is 26.1 Å². The molecule has 0 atom stereocenters. The molecule has 1 aliphatic heterocycles. The van der Waals surface area contributed by atoms with Crippen molar-refractivity contribution in [3.8, 4) is 17.6 Å². The molecule has 11 heteroatoms. The molecule has 5 aromatic rings. The highest BCUT2D eigenvalue weighted by molar-refractivity contribution is 7.22. The Morgan fingerprint density at radius 2 is 1.89 bits per heavy atom. The van der Waals surface area contributed by atoms with Crippen LogP contribution in [0.2, 0.25) is 0 Å². The van der Waals surface area contributed by atoms with Crippen LogP contribution in [0.3, 0.4) is 0 Å². The van der Waals surface area contributed by atoms with E-state index in [0.717, 1.165) is 55.6 Å². The van der Waals surface area contributed by atoms with Crippen molar-refractivity contribution in [2.75, 3.05) is 36.4 Å². The van der Waals surface area contributed by atoms with Crippen molar-refractivity contribution in [2.24, 2.45) is 0 Å². The van der Waals surface area contributed by atoms with Gasteiger partial charge in [0.2, 0.25) is 0 Å². The van der Waals surface area contributed by atoms with Gasteiger partial charge in [-0.1, -0.05) is 47.4 Å². The number of amides is 1. The van der Waals surface area contributed by atoms with E-state index in [1.807, 2.05) is 60.7 Å². The van der Waals surface area contributed by atoms with Crippen molar-refractivity contribution in [1.29, 1.82) is 0 Å². The lowest BCUT2D eigenvalue weighted by Crippen LogP contribution is -2.32. The first kappa shape index (κ1) is 30.6. The summed E-state index contributed by atoms with van der Waals surface area (Å²) in [4.78, 5) is 38.4. The van der Waals surface area contributed by atoms with E-state index < -0.39 is 5.97 Å². The Bertz CT molecular complexity index is 1880. The smallest absolute Gasteiger partial charge is 0.357 e. The van der Waals surface area contributed by atoms with Crippen LogP contribution in [-0.2, 0) is 24.1 Å². The number of fused-ring (bicyclic) bond motifs is 2. The lowest BCUT2D eigenvalue weighted by Gasteiger charge is -2.29. The van der Waals surface area contributed by atoms with Crippen LogP contribution in [0.15, 0.2) is 66.7 Å². The number of rotatable bonds is 9. The van der Waals surface area contributed by atoms with Gasteiger partial charge in [0.15, 0.2) is 16.0 Å². The van der Waals surface area contributed by atoms with Crippen molar-refractivity contribution < 1.29 is 19.1 Å². The molecule has 0 saturated heterocycles. The van der Waals surface area contributed by atoms with Crippen molar-refractivity contribution in [3.05, 3.63) is 99.6 Å². The quantitative estimate of drug-likeness (QED) is 0.0794. The molecule has 6 rings (SSSR count). The molecule has 0 bridgehead atoms. The number of carbonyl (C=O) groups is 2. The maximum Gasteiger partial charge on any atom is 0.357 e. The van der Waals surface area contributed by atoms with E-state index in [1.54, 1.807) is 0 Å². The number of nitrogens with one attached hydrogen (secondary N) is 1. The summed E-state index contributed by atoms with van der Waals surface area (Å²) in [5, 5.41) is 4.29. The van der Waals surface area contributed by atoms with Crippen LogP contribution in [0.25, 0.3) is 10.2 Å². The molecule has 1 N–H and O–H groups in total. The van der Waals surface area contributed by atoms with E-state index in [-0.39, 0.29) is 5.91 Å². The first-order valence-electron chi connectivity index (χ1n) is 14.4. The molecule has 0 radical (unpaired) electrons. The molecule has 0 aliphatic carbocycles. The SMILES string of the molecule is COC(=O)c1nc(N2CCc3cccc(C(=O)Nc4nc5ccccc5s4)c3C2)sc1CCCOc1ccc(C#CCCl)cc1. The highest BCUT2D eigenvalue weighted by Crippen LogP contribution is 2.33. The number of halogens is 1. The maximum atomic E-state index is 13.4. The number of methoxy groups -OCH3 is 1. The highest BCUT2D eigenvalue weighted by atomic mass is 35.5. The molecule has 0 unspecified atom stereocenters. The van der Waals surface area contributed by atoms with Crippen molar-refractivity contribution >= 4 is 66.6 Å². The lowest BCUT2D eigenvalue weighted by molar-refractivity contribution is 0.0593. The number of para-hydroxylation sites is 1. The average molecular weight is 657 g/mol. The Balaban J connectivity index is 1.14. The van der Waals surface area contributed by atoms with Crippen LogP contribution in [0.1, 0.15) is 48.8 Å². The molecule has 228 valence electrons. The molecule has 0 fully saturated rings. The molecule has 1 aliphatic rings. The Morgan fingerprint density at radius 1 is 1.04 bits per heavy atom. The number of aryl methyl sites for hydroxylation is 1. The van der Waals surface area contributed by atoms with Gasteiger partial charge in [0.1, 0.15) is 5.75 Å². The van der Waals surface area contributed by atoms with Gasteiger partial charge in [0.25, 0.3) is 5.91 Å². The van der Waals surface area contributed by atoms with Crippen LogP contribution >= 0.6 is 34.3 Å². The third-order valence-corrected chi connectivity index (χ3v) is 9.60. The number of alkyl halides is 1. The van der Waals surface area contributed by atoms with Crippen molar-refractivity contribution in [2.45, 2.75) is 25.8 Å². The number of thiazole rings is 2. The Kier molecular flexibility index (Phi) is 9.60. The summed E-state index contributed by atoms with van der Waals surface area (Å²) in [6.07, 6.45) is 2.06. The summed E-state index contributed by atoms with van der Waals surface area (Å²) in [5.41, 5.74) is 4.75. The average Bonchev–Trinajstić information content (AvgIpc) is 3.69. The van der Waals surface area contributed by atoms with E-state index >= 15 is 0 Å². The molecule has 3 heterocycles. The van der Waals surface area contributed by atoms with Crippen LogP contribution in [-0.4, -0.2) is 48.0 Å². The number of hydrogen-bond donors (Lipinski definition) is 1. The van der Waals surface area contributed by atoms with Gasteiger partial charge in [-0.3, -0.25) is 10.1 Å². The molecule has 8 nitrogen and oxygen atoms in total. The Morgan fingerprint density at radius 3 is 2.69 bits per heavy atom. The zero-order chi connectivity index (χ0) is 31.2. The molecular formula is C34H29ClN4O4S2. The molecule has 1 amide bonds. The predicted octanol–water partition coefficient (Wildman–Crippen LogP) is 6.96. The van der Waals surface area contributed by atoms with E-state index in [9.17, 15) is 9.59 Å². The van der Waals surface area contributed by atoms with Gasteiger partial charge in [-0.15, -0.1) is 22.9 Å². The Labute approximate surface area is 274 Å². The van der Waals surface area contributed by atoms with E-state index in [0.29, 0.717) is 48.3 Å². The van der Waals surface area contributed by atoms with E-state index in [1.165, 1.54) is 29.8 Å². The summed E-state index contributed by atoms with van der Waals surface area (Å²) in [5.74, 6) is 6.20. The van der Waals surface area contributed by atoms with Gasteiger partial charge in [0, 0.05) is 29.1 Å². The molecule has 45 heavy (non-hydrogen) atoms. The van der Waals surface area contributed by atoms with E-state index in [2.05, 4.69) is 33.1 Å². The molecule has 2 aromatic heterocycles. The van der Waals surface area contributed by atoms with Gasteiger partial charge >= 0.3 is 5.97 Å². The number of benzene rings is 3. The van der Waals surface area contributed by atoms with Gasteiger partial charge in [-0.2, -0.15) is 0 Å². The fourth-order valence-electron chi connectivity index (χ4n) is 5.14. The molecule has 0 saturated carbocycles. The first-order chi connectivity index (χ1) is 22.0. The third kappa shape index (κ3) is 7.12. The second kappa shape index (κ2) is 14.1. The molecular weight excluding hydrogens is 628 g/mol. The highest BCUT2D eigenvalue weighted by Gasteiger charge is 2.27. The molecule has 0 spiro atoms. The van der Waals surface area contributed by atoms with Gasteiger partial charge in [-0.25, -0.2) is 14.8 Å². The number of anilines is 2. The summed E-state index contributed by atoms with van der Waals surface area (Å²) in [6, 6.07) is 21.2. The van der Waals surface area contributed by atoms with Crippen molar-refractivity contribution in [1.82, 2.24) is 9.97 Å². The van der Waals surface area contributed by atoms with Crippen LogP contribution < -0.4 is 15.0 Å². The standard InChI is InChI=1S/C34H29ClN4O4S2/c1-42-32(41)30-29(12-6-20-43-24-15-13-22(14-16-24)7-5-18-35)45-34(37-30)39-19-17-23-8-4-9-25(26(23)21-39)31(40)38-33-36-27-10-2-3-11-28(27)44-33/h2-4,8-11,13-16H,6,12,17-21H2,1H3,(H,36,38,40). The van der Waals surface area contributed by atoms with Crippen LogP contribution in [0.5, 0.6) is 5.75 Å². The second-order valence-electron chi connectivity index (χ2n) is 10.2. The second-order valence-corrected chi connectivity index (χ2v) is 12.6. The summed E-state index contributed by atoms with van der Waals surface area (Å²) in [7, 11) is 1.36. The zero-order valence-electron chi connectivity index (χ0n) is 24.5. The number of hydrogen-bond acceptors (Lipinski definition) is 9. The van der Waals surface area contributed by atoms with Crippen LogP contribution in [0.4, 0.5) is 10.3 Å². The number of nitrogens with zero attached hydrogens (tertiary/aromatic N) is 3. The summed E-state index contributed by atoms with van der Waals surface area (Å²) < 4.78 is 12.0. The largest absolute Gasteiger partial charge is 0.494 e. The van der Waals surface area contributed by atoms with Gasteiger partial charge < -0.3 is 14.4 Å². The number of aromatic nitrogens is 2. The Hall–Kier alpha value is -4.43. The van der Waals surface area contributed by atoms with Crippen LogP contribution in [0, 0.1) is 11.8 Å². The van der Waals surface area contributed by atoms with Crippen molar-refractivity contribution in [3.63, 3.8) is 0 Å². The summed E-state index contributed by atoms with van der Waals surface area (Å²) in [6.45, 7) is 1.70. The lowest BCUT2D eigenvalue weighted by atomic mass is 9.94. The number of carbonyl (C=O) groups excluding carboxylic acids is 2. The van der Waals surface area contributed by atoms with Gasteiger partial charge in [-0.05, 0) is 72.9 Å². The minimum Gasteiger partial charge on any atom is -0.494 e. The third-order valence-electron chi connectivity index (χ3n) is 7.34. The topological polar surface area (TPSA) is 93.7 Å². The zero-order valence-corrected chi connectivity index (χ0v) is 26.9. The summed E-state index contributed by atoms with van der Waals surface area (Å²) >= 11 is 8.56. The molecule has 3 aromatic carbocycles. The van der Waals surface area contributed by atoms with Gasteiger partial charge in [0.05, 0.1) is 29.8 Å². The first-order valence-corrected chi connectivity index (χ1v) is 16.6. The fourth-order valence-corrected chi connectivity index (χ4v) is 7.18. The monoisotopic (exact) mass is 656 g/mol. The maximum absolute atomic E-state index is 13.4. The predicted molar refractivity (Wildman–Crippen MR) is 180 cm³/mol. The fraction of sp³-hybridized carbons (Fsp3) is 0.235. The minimum atomic E-state index is -0.463. The normalized spacial score (nSPS) is 12.3.